The van der Waals surface area contributed by atoms with E-state index in [0.29, 0.717) is 0 Å². The van der Waals surface area contributed by atoms with Crippen LogP contribution in [0.3, 0.4) is 0 Å². The van der Waals surface area contributed by atoms with Crippen LogP contribution in [0.2, 0.25) is 0 Å². The van der Waals surface area contributed by atoms with Crippen LogP contribution in [-0.4, -0.2) is 51.5 Å². The lowest BCUT2D eigenvalue weighted by molar-refractivity contribution is -0.149. The van der Waals surface area contributed by atoms with Crippen LogP contribution in [0.4, 0.5) is 0 Å². The van der Waals surface area contributed by atoms with E-state index >= 15 is 0 Å². The van der Waals surface area contributed by atoms with E-state index in [4.69, 9.17) is 0 Å². The molecule has 0 saturated carbocycles. The van der Waals surface area contributed by atoms with Crippen LogP contribution in [0.15, 0.2) is 30.3 Å². The molecule has 7 heteroatoms. The molecule has 0 aliphatic heterocycles. The smallest absolute Gasteiger partial charge is 0.326 e. The Hall–Kier alpha value is -2.83. The summed E-state index contributed by atoms with van der Waals surface area (Å²) in [6.45, 7) is 5.16. The standard InChI is InChI=1S/C18H23N3O4/c1-12-10-15-6-4-5-7-16(15)21(12)11-17(23)20(13(2)18(24)25)9-8-19-14(3)22/h4-7,10,13H,8-9,11H2,1-3H3,(H,19,22)(H,24,25). The summed E-state index contributed by atoms with van der Waals surface area (Å²) in [5.74, 6) is -1.60. The molecule has 1 aromatic carbocycles. The van der Waals surface area contributed by atoms with Crippen molar-refractivity contribution < 1.29 is 19.5 Å². The van der Waals surface area contributed by atoms with Gasteiger partial charge in [0.2, 0.25) is 11.8 Å². The quantitative estimate of drug-likeness (QED) is 0.793. The molecule has 0 fully saturated rings. The van der Waals surface area contributed by atoms with Gasteiger partial charge in [0, 0.05) is 31.2 Å². The van der Waals surface area contributed by atoms with Gasteiger partial charge in [-0.1, -0.05) is 18.2 Å². The average Bonchev–Trinajstić information content (AvgIpc) is 2.86. The van der Waals surface area contributed by atoms with Crippen LogP contribution in [0, 0.1) is 6.92 Å². The fourth-order valence-electron chi connectivity index (χ4n) is 2.80. The molecule has 0 radical (unpaired) electrons. The number of carboxylic acid groups (broad SMARTS) is 1. The number of aryl methyl sites for hydroxylation is 1. The number of hydrogen-bond donors (Lipinski definition) is 2. The number of aromatic nitrogens is 1. The maximum absolute atomic E-state index is 12.8. The summed E-state index contributed by atoms with van der Waals surface area (Å²) in [6, 6.07) is 8.75. The molecular weight excluding hydrogens is 322 g/mol. The minimum Gasteiger partial charge on any atom is -0.480 e. The molecule has 25 heavy (non-hydrogen) atoms. The van der Waals surface area contributed by atoms with Gasteiger partial charge in [-0.05, 0) is 31.4 Å². The lowest BCUT2D eigenvalue weighted by Crippen LogP contribution is -2.48. The highest BCUT2D eigenvalue weighted by molar-refractivity contribution is 5.86. The van der Waals surface area contributed by atoms with E-state index in [1.165, 1.54) is 18.7 Å². The summed E-state index contributed by atoms with van der Waals surface area (Å²) in [7, 11) is 0. The van der Waals surface area contributed by atoms with Crippen molar-refractivity contribution in [2.45, 2.75) is 33.4 Å². The largest absolute Gasteiger partial charge is 0.480 e. The number of nitrogens with zero attached hydrogens (tertiary/aromatic N) is 2. The zero-order valence-corrected chi connectivity index (χ0v) is 14.7. The second kappa shape index (κ2) is 7.83. The van der Waals surface area contributed by atoms with Crippen molar-refractivity contribution in [1.29, 1.82) is 0 Å². The monoisotopic (exact) mass is 345 g/mol. The molecule has 0 saturated heterocycles. The first kappa shape index (κ1) is 18.5. The Morgan fingerprint density at radius 3 is 2.60 bits per heavy atom. The third-order valence-corrected chi connectivity index (χ3v) is 4.18. The second-order valence-electron chi connectivity index (χ2n) is 6.01. The van der Waals surface area contributed by atoms with Gasteiger partial charge in [-0.15, -0.1) is 0 Å². The number of amides is 2. The third-order valence-electron chi connectivity index (χ3n) is 4.18. The average molecular weight is 345 g/mol. The van der Waals surface area contributed by atoms with Gasteiger partial charge >= 0.3 is 5.97 Å². The summed E-state index contributed by atoms with van der Waals surface area (Å²) in [5.41, 5.74) is 1.86. The summed E-state index contributed by atoms with van der Waals surface area (Å²) < 4.78 is 1.87. The van der Waals surface area contributed by atoms with Crippen LogP contribution in [0.1, 0.15) is 19.5 Å². The zero-order valence-electron chi connectivity index (χ0n) is 14.7. The highest BCUT2D eigenvalue weighted by atomic mass is 16.4. The molecule has 7 nitrogen and oxygen atoms in total. The van der Waals surface area contributed by atoms with Crippen molar-refractivity contribution in [2.24, 2.45) is 0 Å². The second-order valence-corrected chi connectivity index (χ2v) is 6.01. The summed E-state index contributed by atoms with van der Waals surface area (Å²) in [6.07, 6.45) is 0. The Kier molecular flexibility index (Phi) is 5.80. The van der Waals surface area contributed by atoms with Crippen LogP contribution in [-0.2, 0) is 20.9 Å². The van der Waals surface area contributed by atoms with Crippen LogP contribution < -0.4 is 5.32 Å². The van der Waals surface area contributed by atoms with Crippen LogP contribution in [0.25, 0.3) is 10.9 Å². The van der Waals surface area contributed by atoms with Crippen molar-refractivity contribution in [1.82, 2.24) is 14.8 Å². The number of fused-ring (bicyclic) bond motifs is 1. The highest BCUT2D eigenvalue weighted by Gasteiger charge is 2.26. The van der Waals surface area contributed by atoms with E-state index < -0.39 is 12.0 Å². The van der Waals surface area contributed by atoms with Crippen molar-refractivity contribution in [2.75, 3.05) is 13.1 Å². The number of nitrogens with one attached hydrogen (secondary N) is 1. The Balaban J connectivity index is 2.21. The van der Waals surface area contributed by atoms with E-state index in [9.17, 15) is 19.5 Å². The van der Waals surface area contributed by atoms with Gasteiger partial charge in [-0.2, -0.15) is 0 Å². The molecule has 1 atom stereocenters. The molecular formula is C18H23N3O4. The van der Waals surface area contributed by atoms with Crippen LogP contribution >= 0.6 is 0 Å². The maximum atomic E-state index is 12.8. The first-order valence-electron chi connectivity index (χ1n) is 8.13. The van der Waals surface area contributed by atoms with Crippen molar-refractivity contribution >= 4 is 28.7 Å². The Labute approximate surface area is 146 Å². The Morgan fingerprint density at radius 2 is 1.96 bits per heavy atom. The number of carboxylic acids is 1. The molecule has 1 unspecified atom stereocenters. The van der Waals surface area contributed by atoms with Gasteiger partial charge in [-0.3, -0.25) is 9.59 Å². The first-order chi connectivity index (χ1) is 11.8. The Morgan fingerprint density at radius 1 is 1.28 bits per heavy atom. The number of carbonyl (C=O) groups is 3. The van der Waals surface area contributed by atoms with E-state index in [-0.39, 0.29) is 31.4 Å². The van der Waals surface area contributed by atoms with E-state index in [0.717, 1.165) is 16.6 Å². The number of carbonyl (C=O) groups excluding carboxylic acids is 2. The minimum atomic E-state index is -1.08. The molecule has 1 heterocycles. The SMILES string of the molecule is CC(=O)NCCN(C(=O)Cn1c(C)cc2ccccc21)C(C)C(=O)O. The highest BCUT2D eigenvalue weighted by Crippen LogP contribution is 2.19. The van der Waals surface area contributed by atoms with Gasteiger partial charge in [0.1, 0.15) is 12.6 Å². The molecule has 0 aliphatic rings. The molecule has 2 amide bonds. The Bertz CT molecular complexity index is 797. The maximum Gasteiger partial charge on any atom is 0.326 e. The predicted octanol–water partition coefficient (Wildman–Crippen LogP) is 1.39. The normalized spacial score (nSPS) is 12.0. The third kappa shape index (κ3) is 4.37. The van der Waals surface area contributed by atoms with Gasteiger partial charge in [-0.25, -0.2) is 4.79 Å². The minimum absolute atomic E-state index is 0.0526. The molecule has 0 bridgehead atoms. The number of hydrogen-bond acceptors (Lipinski definition) is 3. The number of benzene rings is 1. The fraction of sp³-hybridized carbons (Fsp3) is 0.389. The number of aliphatic carboxylic acids is 1. The fourth-order valence-corrected chi connectivity index (χ4v) is 2.80. The molecule has 1 aromatic heterocycles. The zero-order chi connectivity index (χ0) is 18.6. The molecule has 0 aliphatic carbocycles. The van der Waals surface area contributed by atoms with Crippen molar-refractivity contribution in [3.8, 4) is 0 Å². The van der Waals surface area contributed by atoms with E-state index in [2.05, 4.69) is 5.32 Å². The van der Waals surface area contributed by atoms with Gasteiger partial charge in [0.25, 0.3) is 0 Å². The molecule has 0 spiro atoms. The van der Waals surface area contributed by atoms with Crippen LogP contribution in [0.5, 0.6) is 0 Å². The first-order valence-corrected chi connectivity index (χ1v) is 8.13. The van der Waals surface area contributed by atoms with Gasteiger partial charge in [0.05, 0.1) is 0 Å². The molecule has 2 N–H and O–H groups in total. The van der Waals surface area contributed by atoms with Crippen molar-refractivity contribution in [3.05, 3.63) is 36.0 Å². The lowest BCUT2D eigenvalue weighted by Gasteiger charge is -2.27. The topological polar surface area (TPSA) is 91.6 Å². The number of rotatable bonds is 7. The summed E-state index contributed by atoms with van der Waals surface area (Å²) in [5, 5.41) is 12.9. The molecule has 2 rings (SSSR count). The molecule has 134 valence electrons. The molecule has 2 aromatic rings. The van der Waals surface area contributed by atoms with Crippen molar-refractivity contribution in [3.63, 3.8) is 0 Å². The predicted molar refractivity (Wildman–Crippen MR) is 94.2 cm³/mol. The lowest BCUT2D eigenvalue weighted by atomic mass is 10.2. The van der Waals surface area contributed by atoms with E-state index in [1.807, 2.05) is 41.8 Å². The van der Waals surface area contributed by atoms with E-state index in [1.54, 1.807) is 0 Å². The number of para-hydroxylation sites is 1. The summed E-state index contributed by atoms with van der Waals surface area (Å²) in [4.78, 5) is 36.4. The van der Waals surface area contributed by atoms with Gasteiger partial charge < -0.3 is 19.9 Å². The van der Waals surface area contributed by atoms with Gasteiger partial charge in [0.15, 0.2) is 0 Å². The summed E-state index contributed by atoms with van der Waals surface area (Å²) >= 11 is 0.